The van der Waals surface area contributed by atoms with Gasteiger partial charge in [0.1, 0.15) is 22.6 Å². The molecule has 0 radical (unpaired) electrons. The number of benzene rings is 1. The van der Waals surface area contributed by atoms with Gasteiger partial charge in [-0.1, -0.05) is 18.2 Å². The maximum atomic E-state index is 12.0. The number of para-hydroxylation sites is 1. The molecule has 25 heavy (non-hydrogen) atoms. The number of esters is 1. The summed E-state index contributed by atoms with van der Waals surface area (Å²) in [5, 5.41) is 2.38. The molecule has 0 spiro atoms. The normalized spacial score (nSPS) is 10.2. The third-order valence-corrected chi connectivity index (χ3v) is 3.18. The highest BCUT2D eigenvalue weighted by Gasteiger charge is 2.29. The number of rotatable bonds is 7. The molecular weight excluding hydrogens is 328 g/mol. The Hall–Kier alpha value is -3.29. The lowest BCUT2D eigenvalue weighted by Gasteiger charge is -2.06. The molecular formula is C17H18N2O6. The second-order valence-corrected chi connectivity index (χ2v) is 4.97. The van der Waals surface area contributed by atoms with Gasteiger partial charge in [-0.2, -0.15) is 0 Å². The number of amides is 2. The van der Waals surface area contributed by atoms with Gasteiger partial charge in [0.15, 0.2) is 6.61 Å². The quantitative estimate of drug-likeness (QED) is 0.738. The first-order valence-electron chi connectivity index (χ1n) is 7.52. The Balaban J connectivity index is 2.15. The van der Waals surface area contributed by atoms with Gasteiger partial charge in [-0.15, -0.1) is 0 Å². The number of hydrogen-bond acceptors (Lipinski definition) is 6. The SMILES string of the molecule is CCOC(=O)c1c(C)oc(NC(=O)COc2ccccc2)c1C(N)=O. The highest BCUT2D eigenvalue weighted by molar-refractivity contribution is 6.10. The molecule has 0 saturated carbocycles. The van der Waals surface area contributed by atoms with Crippen molar-refractivity contribution in [1.29, 1.82) is 0 Å². The van der Waals surface area contributed by atoms with E-state index in [1.54, 1.807) is 31.2 Å². The zero-order valence-electron chi connectivity index (χ0n) is 13.8. The van der Waals surface area contributed by atoms with Crippen LogP contribution >= 0.6 is 0 Å². The standard InChI is InChI=1S/C17H18N2O6/c1-3-23-17(22)13-10(2)25-16(14(13)15(18)21)19-12(20)9-24-11-7-5-4-6-8-11/h4-8H,3,9H2,1-2H3,(H2,18,21)(H,19,20). The van der Waals surface area contributed by atoms with Gasteiger partial charge in [0.05, 0.1) is 6.61 Å². The molecule has 0 fully saturated rings. The Morgan fingerprint density at radius 2 is 1.84 bits per heavy atom. The molecule has 0 bridgehead atoms. The lowest BCUT2D eigenvalue weighted by molar-refractivity contribution is -0.118. The van der Waals surface area contributed by atoms with Crippen molar-refractivity contribution >= 4 is 23.7 Å². The molecule has 2 rings (SSSR count). The van der Waals surface area contributed by atoms with Gasteiger partial charge in [0, 0.05) is 0 Å². The third-order valence-electron chi connectivity index (χ3n) is 3.18. The molecule has 0 atom stereocenters. The van der Waals surface area contributed by atoms with Crippen LogP contribution in [0.3, 0.4) is 0 Å². The monoisotopic (exact) mass is 346 g/mol. The van der Waals surface area contributed by atoms with Crippen LogP contribution in [0.2, 0.25) is 0 Å². The van der Waals surface area contributed by atoms with Gasteiger partial charge in [-0.25, -0.2) is 4.79 Å². The van der Waals surface area contributed by atoms with E-state index < -0.39 is 17.8 Å². The number of furan rings is 1. The van der Waals surface area contributed by atoms with E-state index in [1.165, 1.54) is 6.92 Å². The fraction of sp³-hybridized carbons (Fsp3) is 0.235. The summed E-state index contributed by atoms with van der Waals surface area (Å²) in [6.45, 7) is 2.90. The first kappa shape index (κ1) is 18.1. The van der Waals surface area contributed by atoms with Crippen LogP contribution in [0, 0.1) is 6.92 Å². The van der Waals surface area contributed by atoms with E-state index in [9.17, 15) is 14.4 Å². The molecule has 8 heteroatoms. The number of hydrogen-bond donors (Lipinski definition) is 2. The Kier molecular flexibility index (Phi) is 5.78. The number of primary amides is 1. The first-order chi connectivity index (χ1) is 11.9. The number of nitrogens with two attached hydrogens (primary N) is 1. The molecule has 0 saturated heterocycles. The van der Waals surface area contributed by atoms with Crippen molar-refractivity contribution in [2.75, 3.05) is 18.5 Å². The molecule has 0 aliphatic carbocycles. The molecule has 132 valence electrons. The summed E-state index contributed by atoms with van der Waals surface area (Å²) in [5.41, 5.74) is 4.98. The minimum atomic E-state index is -0.917. The molecule has 0 aliphatic rings. The van der Waals surface area contributed by atoms with Gasteiger partial charge in [0.25, 0.3) is 11.8 Å². The summed E-state index contributed by atoms with van der Waals surface area (Å²) in [7, 11) is 0. The van der Waals surface area contributed by atoms with E-state index in [1.807, 2.05) is 6.07 Å². The Morgan fingerprint density at radius 1 is 1.16 bits per heavy atom. The van der Waals surface area contributed by atoms with Crippen LogP contribution in [-0.4, -0.2) is 31.0 Å². The Bertz CT molecular complexity index is 782. The molecule has 0 aliphatic heterocycles. The largest absolute Gasteiger partial charge is 0.484 e. The predicted molar refractivity (Wildman–Crippen MR) is 88.5 cm³/mol. The van der Waals surface area contributed by atoms with E-state index >= 15 is 0 Å². The van der Waals surface area contributed by atoms with E-state index in [2.05, 4.69) is 5.32 Å². The van der Waals surface area contributed by atoms with Crippen LogP contribution in [0.25, 0.3) is 0 Å². The summed E-state index contributed by atoms with van der Waals surface area (Å²) in [5.74, 6) is -1.83. The van der Waals surface area contributed by atoms with Crippen molar-refractivity contribution in [3.05, 3.63) is 47.2 Å². The zero-order valence-corrected chi connectivity index (χ0v) is 13.8. The molecule has 2 aromatic rings. The van der Waals surface area contributed by atoms with Crippen LogP contribution in [0.15, 0.2) is 34.7 Å². The van der Waals surface area contributed by atoms with Gasteiger partial charge >= 0.3 is 5.97 Å². The molecule has 3 N–H and O–H groups in total. The fourth-order valence-electron chi connectivity index (χ4n) is 2.15. The molecule has 2 amide bonds. The number of ether oxygens (including phenoxy) is 2. The highest BCUT2D eigenvalue weighted by atomic mass is 16.5. The highest BCUT2D eigenvalue weighted by Crippen LogP contribution is 2.27. The number of nitrogens with one attached hydrogen (secondary N) is 1. The molecule has 1 aromatic heterocycles. The summed E-state index contributed by atoms with van der Waals surface area (Å²) in [4.78, 5) is 35.7. The zero-order chi connectivity index (χ0) is 18.4. The number of aryl methyl sites for hydroxylation is 1. The van der Waals surface area contributed by atoms with Crippen molar-refractivity contribution in [1.82, 2.24) is 0 Å². The van der Waals surface area contributed by atoms with Crippen LogP contribution in [0.4, 0.5) is 5.88 Å². The minimum absolute atomic E-state index is 0.103. The first-order valence-corrected chi connectivity index (χ1v) is 7.52. The summed E-state index contributed by atoms with van der Waals surface area (Å²) in [6, 6.07) is 8.73. The molecule has 8 nitrogen and oxygen atoms in total. The van der Waals surface area contributed by atoms with Crippen LogP contribution in [0.5, 0.6) is 5.75 Å². The summed E-state index contributed by atoms with van der Waals surface area (Å²) >= 11 is 0. The van der Waals surface area contributed by atoms with E-state index in [0.29, 0.717) is 5.75 Å². The Labute approximate surface area is 143 Å². The van der Waals surface area contributed by atoms with E-state index in [4.69, 9.17) is 19.6 Å². The predicted octanol–water partition coefficient (Wildman–Crippen LogP) is 1.88. The molecule has 1 heterocycles. The molecule has 1 aromatic carbocycles. The van der Waals surface area contributed by atoms with E-state index in [0.717, 1.165) is 0 Å². The number of anilines is 1. The summed E-state index contributed by atoms with van der Waals surface area (Å²) < 4.78 is 15.5. The molecule has 0 unspecified atom stereocenters. The van der Waals surface area contributed by atoms with E-state index in [-0.39, 0.29) is 36.0 Å². The lowest BCUT2D eigenvalue weighted by atomic mass is 10.1. The van der Waals surface area contributed by atoms with Gasteiger partial charge in [-0.05, 0) is 26.0 Å². The third kappa shape index (κ3) is 4.37. The van der Waals surface area contributed by atoms with Crippen molar-refractivity contribution in [2.45, 2.75) is 13.8 Å². The van der Waals surface area contributed by atoms with Crippen LogP contribution in [-0.2, 0) is 9.53 Å². The lowest BCUT2D eigenvalue weighted by Crippen LogP contribution is -2.23. The van der Waals surface area contributed by atoms with Gasteiger partial charge in [-0.3, -0.25) is 14.9 Å². The van der Waals surface area contributed by atoms with Gasteiger partial charge in [0.2, 0.25) is 5.88 Å². The fourth-order valence-corrected chi connectivity index (χ4v) is 2.15. The maximum Gasteiger partial charge on any atom is 0.342 e. The van der Waals surface area contributed by atoms with Crippen molar-refractivity contribution in [3.8, 4) is 5.75 Å². The Morgan fingerprint density at radius 3 is 2.44 bits per heavy atom. The minimum Gasteiger partial charge on any atom is -0.484 e. The van der Waals surface area contributed by atoms with Crippen molar-refractivity contribution < 1.29 is 28.3 Å². The topological polar surface area (TPSA) is 121 Å². The van der Waals surface area contributed by atoms with Gasteiger partial charge < -0.3 is 19.6 Å². The van der Waals surface area contributed by atoms with Crippen molar-refractivity contribution in [2.24, 2.45) is 5.73 Å². The average Bonchev–Trinajstić information content (AvgIpc) is 2.90. The number of carbonyl (C=O) groups excluding carboxylic acids is 3. The second-order valence-electron chi connectivity index (χ2n) is 4.97. The smallest absolute Gasteiger partial charge is 0.342 e. The second kappa shape index (κ2) is 8.00. The van der Waals surface area contributed by atoms with Crippen LogP contribution < -0.4 is 15.8 Å². The van der Waals surface area contributed by atoms with Crippen LogP contribution in [0.1, 0.15) is 33.4 Å². The summed E-state index contributed by atoms with van der Waals surface area (Å²) in [6.07, 6.45) is 0. The number of carbonyl (C=O) groups is 3. The van der Waals surface area contributed by atoms with Crippen molar-refractivity contribution in [3.63, 3.8) is 0 Å². The average molecular weight is 346 g/mol. The maximum absolute atomic E-state index is 12.0.